The normalized spacial score (nSPS) is 19.4. The fourth-order valence-corrected chi connectivity index (χ4v) is 5.65. The highest BCUT2D eigenvalue weighted by atomic mass is 32.1. The summed E-state index contributed by atoms with van der Waals surface area (Å²) in [5.41, 5.74) is 3.00. The Morgan fingerprint density at radius 2 is 1.88 bits per heavy atom. The molecule has 0 aliphatic carbocycles. The van der Waals surface area contributed by atoms with Gasteiger partial charge in [-0.2, -0.15) is 0 Å². The average molecular weight is 447 g/mol. The summed E-state index contributed by atoms with van der Waals surface area (Å²) in [5, 5.41) is 14.0. The van der Waals surface area contributed by atoms with Crippen molar-refractivity contribution in [3.05, 3.63) is 69.9 Å². The number of fused-ring (bicyclic) bond motifs is 1. The van der Waals surface area contributed by atoms with Crippen LogP contribution in [0.2, 0.25) is 0 Å². The molecule has 4 aromatic rings. The van der Waals surface area contributed by atoms with Gasteiger partial charge in [-0.05, 0) is 36.5 Å². The zero-order valence-corrected chi connectivity index (χ0v) is 19.1. The van der Waals surface area contributed by atoms with Crippen molar-refractivity contribution in [1.82, 2.24) is 9.88 Å². The summed E-state index contributed by atoms with van der Waals surface area (Å²) in [6, 6.07) is 15.2. The maximum atomic E-state index is 12.9. The second kappa shape index (κ2) is 8.52. The van der Waals surface area contributed by atoms with Gasteiger partial charge in [0.15, 0.2) is 0 Å². The molecule has 1 N–H and O–H groups in total. The number of piperidine rings is 1. The minimum Gasteiger partial charge on any atom is -0.507 e. The lowest BCUT2D eigenvalue weighted by molar-refractivity contribution is 0.133. The van der Waals surface area contributed by atoms with E-state index in [9.17, 15) is 9.90 Å². The lowest BCUT2D eigenvalue weighted by atomic mass is 9.91. The molecule has 0 spiro atoms. The monoisotopic (exact) mass is 446 g/mol. The predicted octanol–water partition coefficient (Wildman–Crippen LogP) is 5.77. The van der Waals surface area contributed by atoms with E-state index in [0.717, 1.165) is 29.7 Å². The van der Waals surface area contributed by atoms with Crippen molar-refractivity contribution in [2.24, 2.45) is 11.8 Å². The first-order chi connectivity index (χ1) is 15.5. The Balaban J connectivity index is 1.52. The first-order valence-electron chi connectivity index (χ1n) is 11.0. The third-order valence-corrected chi connectivity index (χ3v) is 6.99. The van der Waals surface area contributed by atoms with Crippen LogP contribution in [0.3, 0.4) is 0 Å². The molecule has 5 nitrogen and oxygen atoms in total. The zero-order chi connectivity index (χ0) is 22.2. The van der Waals surface area contributed by atoms with Gasteiger partial charge in [-0.25, -0.2) is 9.78 Å². The Bertz CT molecular complexity index is 1300. The number of aromatic nitrogens is 1. The Morgan fingerprint density at radius 3 is 2.62 bits per heavy atom. The van der Waals surface area contributed by atoms with Crippen LogP contribution < -0.4 is 5.63 Å². The summed E-state index contributed by atoms with van der Waals surface area (Å²) >= 11 is 1.43. The molecule has 1 saturated heterocycles. The van der Waals surface area contributed by atoms with Gasteiger partial charge >= 0.3 is 5.63 Å². The molecular weight excluding hydrogens is 420 g/mol. The van der Waals surface area contributed by atoms with Crippen molar-refractivity contribution < 1.29 is 9.52 Å². The van der Waals surface area contributed by atoms with Crippen molar-refractivity contribution in [3.63, 3.8) is 0 Å². The summed E-state index contributed by atoms with van der Waals surface area (Å²) in [5.74, 6) is 1.39. The Kier molecular flexibility index (Phi) is 5.57. The quantitative estimate of drug-likeness (QED) is 0.403. The molecule has 0 amide bonds. The lowest BCUT2D eigenvalue weighted by Gasteiger charge is -2.35. The zero-order valence-electron chi connectivity index (χ0n) is 18.2. The van der Waals surface area contributed by atoms with Crippen LogP contribution in [-0.4, -0.2) is 28.1 Å². The summed E-state index contributed by atoms with van der Waals surface area (Å²) in [6.07, 6.45) is 1.22. The van der Waals surface area contributed by atoms with E-state index in [1.165, 1.54) is 17.8 Å². The molecule has 164 valence electrons. The standard InChI is InChI=1S/C26H26N2O3S/c1-16-10-17(2)13-28(12-16)14-21-23(29)9-8-19-11-20(26(30)31-24(19)21)25-27-22(15-32-25)18-6-4-3-5-7-18/h3-9,11,15-17,29H,10,12-14H2,1-2H3. The fraction of sp³-hybridized carbons (Fsp3) is 0.308. The third-order valence-electron chi connectivity index (χ3n) is 6.11. The molecule has 2 unspecified atom stereocenters. The highest BCUT2D eigenvalue weighted by molar-refractivity contribution is 7.13. The molecule has 3 heterocycles. The number of phenolic OH excluding ortho intramolecular Hbond substituents is 1. The highest BCUT2D eigenvalue weighted by Crippen LogP contribution is 2.33. The number of phenols is 1. The van der Waals surface area contributed by atoms with E-state index in [2.05, 4.69) is 23.7 Å². The molecule has 5 rings (SSSR count). The molecule has 1 aliphatic heterocycles. The second-order valence-electron chi connectivity index (χ2n) is 8.97. The largest absolute Gasteiger partial charge is 0.507 e. The van der Waals surface area contributed by atoms with E-state index >= 15 is 0 Å². The molecule has 2 aromatic heterocycles. The number of nitrogens with zero attached hydrogens (tertiary/aromatic N) is 2. The van der Waals surface area contributed by atoms with Crippen molar-refractivity contribution in [1.29, 1.82) is 0 Å². The number of hydrogen-bond acceptors (Lipinski definition) is 6. The van der Waals surface area contributed by atoms with Crippen LogP contribution >= 0.6 is 11.3 Å². The number of thiazole rings is 1. The van der Waals surface area contributed by atoms with E-state index < -0.39 is 5.63 Å². The van der Waals surface area contributed by atoms with Crippen molar-refractivity contribution in [2.45, 2.75) is 26.8 Å². The fourth-order valence-electron chi connectivity index (χ4n) is 4.82. The summed E-state index contributed by atoms with van der Waals surface area (Å²) in [4.78, 5) is 20.0. The van der Waals surface area contributed by atoms with Crippen LogP contribution in [0.25, 0.3) is 32.8 Å². The lowest BCUT2D eigenvalue weighted by Crippen LogP contribution is -2.38. The third kappa shape index (κ3) is 4.08. The average Bonchev–Trinajstić information content (AvgIpc) is 3.26. The molecule has 1 fully saturated rings. The van der Waals surface area contributed by atoms with Gasteiger partial charge < -0.3 is 9.52 Å². The number of aromatic hydroxyl groups is 1. The maximum Gasteiger partial charge on any atom is 0.346 e. The Morgan fingerprint density at radius 1 is 1.12 bits per heavy atom. The molecular formula is C26H26N2O3S. The number of hydrogen-bond donors (Lipinski definition) is 1. The van der Waals surface area contributed by atoms with E-state index in [4.69, 9.17) is 4.42 Å². The van der Waals surface area contributed by atoms with Crippen molar-refractivity contribution in [3.8, 4) is 27.6 Å². The van der Waals surface area contributed by atoms with E-state index in [1.54, 1.807) is 12.1 Å². The van der Waals surface area contributed by atoms with Gasteiger partial charge in [0.05, 0.1) is 16.8 Å². The highest BCUT2D eigenvalue weighted by Gasteiger charge is 2.24. The second-order valence-corrected chi connectivity index (χ2v) is 9.83. The van der Waals surface area contributed by atoms with Gasteiger partial charge in [0.2, 0.25) is 0 Å². The van der Waals surface area contributed by atoms with Gasteiger partial charge in [0.25, 0.3) is 0 Å². The van der Waals surface area contributed by atoms with Gasteiger partial charge in [-0.3, -0.25) is 4.90 Å². The van der Waals surface area contributed by atoms with Crippen molar-refractivity contribution >= 4 is 22.3 Å². The summed E-state index contributed by atoms with van der Waals surface area (Å²) in [6.45, 7) is 7.04. The summed E-state index contributed by atoms with van der Waals surface area (Å²) in [7, 11) is 0. The van der Waals surface area contributed by atoms with Crippen LogP contribution in [0.15, 0.2) is 63.1 Å². The van der Waals surface area contributed by atoms with Crippen LogP contribution in [0, 0.1) is 11.8 Å². The smallest absolute Gasteiger partial charge is 0.346 e. The maximum absolute atomic E-state index is 12.9. The van der Waals surface area contributed by atoms with E-state index in [-0.39, 0.29) is 5.75 Å². The van der Waals surface area contributed by atoms with Crippen LogP contribution in [0.5, 0.6) is 5.75 Å². The number of rotatable bonds is 4. The number of likely N-dealkylation sites (tertiary alicyclic amines) is 1. The first-order valence-corrected chi connectivity index (χ1v) is 11.9. The molecule has 0 radical (unpaired) electrons. The molecule has 1 aliphatic rings. The molecule has 0 saturated carbocycles. The van der Waals surface area contributed by atoms with Gasteiger partial charge in [0.1, 0.15) is 16.3 Å². The van der Waals surface area contributed by atoms with Crippen LogP contribution in [0.1, 0.15) is 25.8 Å². The minimum atomic E-state index is -0.432. The number of benzene rings is 2. The molecule has 32 heavy (non-hydrogen) atoms. The van der Waals surface area contributed by atoms with Crippen LogP contribution in [0.4, 0.5) is 0 Å². The SMILES string of the molecule is CC1CC(C)CN(Cc2c(O)ccc3cc(-c4nc(-c5ccccc5)cs4)c(=O)oc23)C1. The van der Waals surface area contributed by atoms with E-state index in [0.29, 0.717) is 40.1 Å². The topological polar surface area (TPSA) is 66.6 Å². The predicted molar refractivity (Wildman–Crippen MR) is 129 cm³/mol. The molecule has 6 heteroatoms. The minimum absolute atomic E-state index is 0.167. The van der Waals surface area contributed by atoms with Gasteiger partial charge in [-0.15, -0.1) is 11.3 Å². The Hall–Kier alpha value is -2.96. The first kappa shape index (κ1) is 20.9. The van der Waals surface area contributed by atoms with Crippen molar-refractivity contribution in [2.75, 3.05) is 13.1 Å². The van der Waals surface area contributed by atoms with Gasteiger partial charge in [-0.1, -0.05) is 44.2 Å². The van der Waals surface area contributed by atoms with E-state index in [1.807, 2.05) is 41.8 Å². The molecule has 0 bridgehead atoms. The molecule has 2 aromatic carbocycles. The molecule has 2 atom stereocenters. The Labute approximate surface area is 191 Å². The van der Waals surface area contributed by atoms with Crippen LogP contribution in [-0.2, 0) is 6.54 Å². The van der Waals surface area contributed by atoms with Gasteiger partial charge in [0, 0.05) is 36.0 Å². The summed E-state index contributed by atoms with van der Waals surface area (Å²) < 4.78 is 5.79.